The highest BCUT2D eigenvalue weighted by Crippen LogP contribution is 2.20. The van der Waals surface area contributed by atoms with E-state index in [0.717, 1.165) is 0 Å². The Bertz CT molecular complexity index is 816. The molecule has 2 amide bonds. The first-order valence-electron chi connectivity index (χ1n) is 9.28. The van der Waals surface area contributed by atoms with Gasteiger partial charge in [-0.2, -0.15) is 0 Å². The van der Waals surface area contributed by atoms with Crippen molar-refractivity contribution in [2.24, 2.45) is 0 Å². The van der Waals surface area contributed by atoms with Gasteiger partial charge in [0.2, 0.25) is 0 Å². The molecule has 0 spiro atoms. The molecule has 0 aliphatic carbocycles. The lowest BCUT2D eigenvalue weighted by Gasteiger charge is -2.44. The van der Waals surface area contributed by atoms with Gasteiger partial charge in [-0.15, -0.1) is 10.2 Å². The Morgan fingerprint density at radius 1 is 1.11 bits per heavy atom. The van der Waals surface area contributed by atoms with Crippen LogP contribution in [0.1, 0.15) is 45.1 Å². The molecular weight excluding hydrogens is 360 g/mol. The highest BCUT2D eigenvalue weighted by atomic mass is 16.6. The third-order valence-electron chi connectivity index (χ3n) is 4.44. The molecule has 28 heavy (non-hydrogen) atoms. The molecule has 2 atom stereocenters. The smallest absolute Gasteiger partial charge is 0.410 e. The van der Waals surface area contributed by atoms with Gasteiger partial charge in [-0.05, 0) is 46.8 Å². The van der Waals surface area contributed by atoms with E-state index in [4.69, 9.17) is 4.74 Å². The molecule has 2 aromatic heterocycles. The summed E-state index contributed by atoms with van der Waals surface area (Å²) in [4.78, 5) is 32.7. The summed E-state index contributed by atoms with van der Waals surface area (Å²) in [6.07, 6.45) is 4.66. The molecule has 2 aromatic rings. The van der Waals surface area contributed by atoms with E-state index in [2.05, 4.69) is 15.2 Å². The van der Waals surface area contributed by atoms with Gasteiger partial charge in [-0.3, -0.25) is 9.36 Å². The minimum Gasteiger partial charge on any atom is -0.444 e. The fraction of sp³-hybridized carbons (Fsp3) is 0.526. The lowest BCUT2D eigenvalue weighted by atomic mass is 10.1. The zero-order valence-electron chi connectivity index (χ0n) is 16.9. The van der Waals surface area contributed by atoms with Crippen LogP contribution in [-0.4, -0.2) is 72.3 Å². The van der Waals surface area contributed by atoms with Gasteiger partial charge < -0.3 is 14.5 Å². The van der Waals surface area contributed by atoms with Crippen LogP contribution in [0.3, 0.4) is 0 Å². The monoisotopic (exact) mass is 386 g/mol. The molecule has 0 unspecified atom stereocenters. The van der Waals surface area contributed by atoms with E-state index < -0.39 is 5.60 Å². The Hall–Kier alpha value is -2.97. The molecule has 1 saturated heterocycles. The van der Waals surface area contributed by atoms with Crippen molar-refractivity contribution in [2.45, 2.75) is 52.3 Å². The van der Waals surface area contributed by atoms with Gasteiger partial charge in [0.15, 0.2) is 11.5 Å². The molecule has 1 aliphatic heterocycles. The number of aromatic nitrogens is 4. The van der Waals surface area contributed by atoms with Crippen molar-refractivity contribution >= 4 is 12.0 Å². The van der Waals surface area contributed by atoms with Crippen molar-refractivity contribution < 1.29 is 14.3 Å². The fourth-order valence-corrected chi connectivity index (χ4v) is 3.30. The van der Waals surface area contributed by atoms with E-state index in [1.807, 2.05) is 34.6 Å². The Morgan fingerprint density at radius 3 is 2.29 bits per heavy atom. The lowest BCUT2D eigenvalue weighted by molar-refractivity contribution is -0.00506. The molecule has 0 bridgehead atoms. The largest absolute Gasteiger partial charge is 0.444 e. The zero-order valence-corrected chi connectivity index (χ0v) is 16.9. The van der Waals surface area contributed by atoms with E-state index in [9.17, 15) is 9.59 Å². The van der Waals surface area contributed by atoms with Gasteiger partial charge >= 0.3 is 6.09 Å². The van der Waals surface area contributed by atoms with Crippen molar-refractivity contribution in [3.05, 3.63) is 36.5 Å². The maximum absolute atomic E-state index is 13.0. The molecule has 9 heteroatoms. The van der Waals surface area contributed by atoms with Crippen LogP contribution in [0.25, 0.3) is 5.82 Å². The maximum Gasteiger partial charge on any atom is 0.410 e. The summed E-state index contributed by atoms with van der Waals surface area (Å²) in [6, 6.07) is 3.05. The zero-order chi connectivity index (χ0) is 20.5. The van der Waals surface area contributed by atoms with Crippen LogP contribution in [0, 0.1) is 0 Å². The third kappa shape index (κ3) is 4.29. The molecule has 0 radical (unpaired) electrons. The molecule has 0 N–H and O–H groups in total. The Kier molecular flexibility index (Phi) is 5.35. The Labute approximate surface area is 164 Å². The minimum absolute atomic E-state index is 0.168. The number of piperazine rings is 1. The number of imidazole rings is 1. The van der Waals surface area contributed by atoms with E-state index >= 15 is 0 Å². The molecular formula is C19H26N6O3. The number of hydrogen-bond acceptors (Lipinski definition) is 6. The van der Waals surface area contributed by atoms with Gasteiger partial charge in [-0.1, -0.05) is 0 Å². The molecule has 9 nitrogen and oxygen atoms in total. The van der Waals surface area contributed by atoms with Crippen molar-refractivity contribution in [3.63, 3.8) is 0 Å². The summed E-state index contributed by atoms with van der Waals surface area (Å²) < 4.78 is 7.17. The molecule has 150 valence electrons. The second-order valence-corrected chi connectivity index (χ2v) is 8.04. The van der Waals surface area contributed by atoms with Gasteiger partial charge in [0.25, 0.3) is 5.91 Å². The third-order valence-corrected chi connectivity index (χ3v) is 4.44. The molecule has 0 aromatic carbocycles. The summed E-state index contributed by atoms with van der Waals surface area (Å²) in [5.41, 5.74) is -0.281. The first kappa shape index (κ1) is 19.8. The predicted molar refractivity (Wildman–Crippen MR) is 102 cm³/mol. The van der Waals surface area contributed by atoms with E-state index in [-0.39, 0.29) is 29.8 Å². The van der Waals surface area contributed by atoms with Crippen molar-refractivity contribution in [1.29, 1.82) is 0 Å². The Balaban J connectivity index is 1.70. The van der Waals surface area contributed by atoms with Crippen LogP contribution in [0.5, 0.6) is 0 Å². The van der Waals surface area contributed by atoms with Crippen molar-refractivity contribution in [1.82, 2.24) is 29.5 Å². The summed E-state index contributed by atoms with van der Waals surface area (Å²) >= 11 is 0. The van der Waals surface area contributed by atoms with Crippen molar-refractivity contribution in [3.8, 4) is 5.82 Å². The summed E-state index contributed by atoms with van der Waals surface area (Å²) in [6.45, 7) is 10.2. The first-order chi connectivity index (χ1) is 13.2. The van der Waals surface area contributed by atoms with Crippen molar-refractivity contribution in [2.75, 3.05) is 13.1 Å². The quantitative estimate of drug-likeness (QED) is 0.785. The molecule has 0 saturated carbocycles. The van der Waals surface area contributed by atoms with Gasteiger partial charge in [-0.25, -0.2) is 9.78 Å². The number of carbonyl (C=O) groups excluding carboxylic acids is 2. The summed E-state index contributed by atoms with van der Waals surface area (Å²) in [5, 5.41) is 8.20. The highest BCUT2D eigenvalue weighted by molar-refractivity contribution is 5.92. The minimum atomic E-state index is -0.552. The van der Waals surface area contributed by atoms with Gasteiger partial charge in [0.1, 0.15) is 11.9 Å². The maximum atomic E-state index is 13.0. The molecule has 3 rings (SSSR count). The number of ether oxygens (including phenoxy) is 1. The SMILES string of the molecule is C[C@@H]1CN(C(=O)OC(C)(C)C)C[C@H](C)N1C(=O)c1ccc(-n2ccnc2)nn1. The first-order valence-corrected chi connectivity index (χ1v) is 9.28. The molecule has 1 fully saturated rings. The second-order valence-electron chi connectivity index (χ2n) is 8.04. The summed E-state index contributed by atoms with van der Waals surface area (Å²) in [7, 11) is 0. The van der Waals surface area contributed by atoms with Gasteiger partial charge in [0.05, 0.1) is 0 Å². The van der Waals surface area contributed by atoms with Crippen LogP contribution < -0.4 is 0 Å². The predicted octanol–water partition coefficient (Wildman–Crippen LogP) is 2.13. The average molecular weight is 386 g/mol. The Morgan fingerprint density at radius 2 is 1.79 bits per heavy atom. The van der Waals surface area contributed by atoms with E-state index in [1.165, 1.54) is 0 Å². The number of carbonyl (C=O) groups is 2. The topological polar surface area (TPSA) is 93.5 Å². The normalized spacial score (nSPS) is 20.2. The lowest BCUT2D eigenvalue weighted by Crippen LogP contribution is -2.60. The number of nitrogens with zero attached hydrogens (tertiary/aromatic N) is 6. The van der Waals surface area contributed by atoms with Gasteiger partial charge in [0, 0.05) is 37.6 Å². The standard InChI is InChI=1S/C19H26N6O3/c1-13-10-24(18(27)28-19(3,4)5)11-14(2)25(13)17(26)15-6-7-16(22-21-15)23-9-8-20-12-23/h6-9,12-14H,10-11H2,1-5H3/t13-,14+. The van der Waals surface area contributed by atoms with Crippen LogP contribution in [0.2, 0.25) is 0 Å². The highest BCUT2D eigenvalue weighted by Gasteiger charge is 2.37. The number of hydrogen-bond donors (Lipinski definition) is 0. The average Bonchev–Trinajstić information content (AvgIpc) is 3.14. The van der Waals surface area contributed by atoms with E-state index in [1.54, 1.807) is 45.2 Å². The number of rotatable bonds is 2. The van der Waals surface area contributed by atoms with Crippen LogP contribution in [-0.2, 0) is 4.74 Å². The van der Waals surface area contributed by atoms with Crippen LogP contribution in [0.15, 0.2) is 30.9 Å². The van der Waals surface area contributed by atoms with E-state index in [0.29, 0.717) is 18.9 Å². The number of amides is 2. The molecule has 3 heterocycles. The second kappa shape index (κ2) is 7.57. The van der Waals surface area contributed by atoms with Crippen LogP contribution >= 0.6 is 0 Å². The molecule has 1 aliphatic rings. The fourth-order valence-electron chi connectivity index (χ4n) is 3.30. The van der Waals surface area contributed by atoms with Crippen LogP contribution in [0.4, 0.5) is 4.79 Å². The summed E-state index contributed by atoms with van der Waals surface area (Å²) in [5.74, 6) is 0.387.